The number of benzene rings is 6. The third-order valence-corrected chi connectivity index (χ3v) is 11.5. The number of nitrogens with zero attached hydrogens (tertiary/aromatic N) is 2. The van der Waals surface area contributed by atoms with Crippen molar-refractivity contribution in [1.82, 2.24) is 0 Å². The van der Waals surface area contributed by atoms with Crippen LogP contribution in [-0.4, -0.2) is 4.92 Å². The Morgan fingerprint density at radius 2 is 1.13 bits per heavy atom. The van der Waals surface area contributed by atoms with Gasteiger partial charge in [-0.15, -0.1) is 0 Å². The lowest BCUT2D eigenvalue weighted by atomic mass is 9.81. The van der Waals surface area contributed by atoms with E-state index in [4.69, 9.17) is 0 Å². The molecule has 4 nitrogen and oxygen atoms in total. The molecule has 0 atom stereocenters. The van der Waals surface area contributed by atoms with Crippen molar-refractivity contribution in [2.75, 3.05) is 4.90 Å². The maximum Gasteiger partial charge on any atom is 0.277 e. The first-order valence-corrected chi connectivity index (χ1v) is 16.6. The summed E-state index contributed by atoms with van der Waals surface area (Å²) in [6.07, 6.45) is 0. The monoisotopic (exact) mass is 618 g/mol. The minimum Gasteiger partial charge on any atom is -0.306 e. The van der Waals surface area contributed by atoms with Gasteiger partial charge in [0.1, 0.15) is 0 Å². The SMILES string of the molecule is CC1(C)c2ccccc2-c2ccc(-c3ccc(-c4cc5c6c(c4)Sc4ccccc4N6c4ccccc4S5)c([N+](=O)[O-])c3)cc21. The van der Waals surface area contributed by atoms with Crippen LogP contribution in [0.15, 0.2) is 141 Å². The molecule has 2 aliphatic heterocycles. The number of hydrogen-bond acceptors (Lipinski definition) is 5. The third-order valence-electron chi connectivity index (χ3n) is 9.34. The van der Waals surface area contributed by atoms with E-state index in [1.54, 1.807) is 29.6 Å². The summed E-state index contributed by atoms with van der Waals surface area (Å²) in [4.78, 5) is 19.3. The van der Waals surface area contributed by atoms with E-state index in [-0.39, 0.29) is 16.0 Å². The number of hydrogen-bond donors (Lipinski definition) is 0. The molecule has 0 N–H and O–H groups in total. The predicted molar refractivity (Wildman–Crippen MR) is 184 cm³/mol. The standard InChI is InChI=1S/C39H26N2O2S2/c1-39(2)29-10-4-3-9-27(29)28-18-16-23(19-30(28)39)24-15-17-26(33(20-24)41(42)43)25-21-36-38-37(22-25)45-35-14-8-6-12-32(35)40(38)31-11-5-7-13-34(31)44-36/h3-22H,1-2H3. The second-order valence-corrected chi connectivity index (χ2v) is 14.4. The van der Waals surface area contributed by atoms with Crippen molar-refractivity contribution in [3.05, 3.63) is 143 Å². The van der Waals surface area contributed by atoms with Crippen LogP contribution in [0, 0.1) is 10.1 Å². The van der Waals surface area contributed by atoms with Crippen LogP contribution < -0.4 is 4.90 Å². The summed E-state index contributed by atoms with van der Waals surface area (Å²) in [6.45, 7) is 4.51. The van der Waals surface area contributed by atoms with Gasteiger partial charge in [0.05, 0.1) is 27.5 Å². The van der Waals surface area contributed by atoms with Crippen LogP contribution in [0.25, 0.3) is 33.4 Å². The molecule has 0 aromatic heterocycles. The molecule has 0 fully saturated rings. The van der Waals surface area contributed by atoms with Gasteiger partial charge in [-0.25, -0.2) is 0 Å². The summed E-state index contributed by atoms with van der Waals surface area (Å²) < 4.78 is 0. The Labute approximate surface area is 269 Å². The Morgan fingerprint density at radius 3 is 1.80 bits per heavy atom. The highest BCUT2D eigenvalue weighted by Crippen LogP contribution is 2.61. The zero-order valence-electron chi connectivity index (χ0n) is 24.6. The maximum atomic E-state index is 12.6. The fourth-order valence-corrected chi connectivity index (χ4v) is 9.50. The average Bonchev–Trinajstić information content (AvgIpc) is 3.29. The minimum absolute atomic E-state index is 0.113. The molecule has 9 rings (SSSR count). The molecule has 216 valence electrons. The molecule has 0 saturated carbocycles. The summed E-state index contributed by atoms with van der Waals surface area (Å²) in [7, 11) is 0. The van der Waals surface area contributed by atoms with Crippen molar-refractivity contribution < 1.29 is 4.92 Å². The van der Waals surface area contributed by atoms with E-state index < -0.39 is 0 Å². The summed E-state index contributed by atoms with van der Waals surface area (Å²) in [6, 6.07) is 41.9. The first-order valence-electron chi connectivity index (χ1n) is 14.9. The van der Waals surface area contributed by atoms with Gasteiger partial charge >= 0.3 is 0 Å². The number of nitro benzene ring substituents is 1. The quantitative estimate of drug-likeness (QED) is 0.146. The van der Waals surface area contributed by atoms with Gasteiger partial charge in [0, 0.05) is 31.1 Å². The van der Waals surface area contributed by atoms with E-state index in [0.29, 0.717) is 5.56 Å². The lowest BCUT2D eigenvalue weighted by Gasteiger charge is -2.38. The second kappa shape index (κ2) is 9.61. The summed E-state index contributed by atoms with van der Waals surface area (Å²) >= 11 is 3.46. The van der Waals surface area contributed by atoms with Gasteiger partial charge in [0.25, 0.3) is 5.69 Å². The predicted octanol–water partition coefficient (Wildman–Crippen LogP) is 11.6. The molecule has 45 heavy (non-hydrogen) atoms. The molecule has 6 aromatic rings. The Bertz CT molecular complexity index is 2190. The van der Waals surface area contributed by atoms with Gasteiger partial charge in [0.2, 0.25) is 0 Å². The molecule has 6 heteroatoms. The maximum absolute atomic E-state index is 12.6. The van der Waals surface area contributed by atoms with Crippen molar-refractivity contribution in [3.63, 3.8) is 0 Å². The number of rotatable bonds is 3. The number of anilines is 3. The molecular weight excluding hydrogens is 593 g/mol. The van der Waals surface area contributed by atoms with Crippen molar-refractivity contribution in [2.45, 2.75) is 38.8 Å². The highest BCUT2D eigenvalue weighted by Gasteiger charge is 2.36. The molecule has 1 aliphatic carbocycles. The highest BCUT2D eigenvalue weighted by atomic mass is 32.2. The molecule has 2 heterocycles. The van der Waals surface area contributed by atoms with Crippen LogP contribution in [0.3, 0.4) is 0 Å². The van der Waals surface area contributed by atoms with Crippen LogP contribution >= 0.6 is 23.5 Å². The van der Waals surface area contributed by atoms with Gasteiger partial charge in [-0.1, -0.05) is 104 Å². The van der Waals surface area contributed by atoms with Crippen LogP contribution in [0.1, 0.15) is 25.0 Å². The Balaban J connectivity index is 1.17. The van der Waals surface area contributed by atoms with Crippen LogP contribution in [0.5, 0.6) is 0 Å². The van der Waals surface area contributed by atoms with E-state index in [2.05, 4.69) is 122 Å². The van der Waals surface area contributed by atoms with Crippen LogP contribution in [-0.2, 0) is 5.41 Å². The summed E-state index contributed by atoms with van der Waals surface area (Å²) in [5, 5.41) is 12.6. The Hall–Kier alpha value is -4.78. The van der Waals surface area contributed by atoms with E-state index in [1.807, 2.05) is 12.1 Å². The van der Waals surface area contributed by atoms with Crippen molar-refractivity contribution in [1.29, 1.82) is 0 Å². The molecule has 3 aliphatic rings. The van der Waals surface area contributed by atoms with Crippen molar-refractivity contribution in [3.8, 4) is 33.4 Å². The average molecular weight is 619 g/mol. The molecule has 0 radical (unpaired) electrons. The van der Waals surface area contributed by atoms with E-state index >= 15 is 0 Å². The second-order valence-electron chi connectivity index (χ2n) is 12.2. The Kier molecular flexibility index (Phi) is 5.68. The van der Waals surface area contributed by atoms with E-state index in [9.17, 15) is 10.1 Å². The fraction of sp³-hybridized carbons (Fsp3) is 0.0769. The molecule has 0 amide bonds. The fourth-order valence-electron chi connectivity index (χ4n) is 7.17. The summed E-state index contributed by atoms with van der Waals surface area (Å²) in [5.74, 6) is 0. The van der Waals surface area contributed by atoms with Crippen molar-refractivity contribution in [2.24, 2.45) is 0 Å². The number of fused-ring (bicyclic) bond motifs is 7. The highest BCUT2D eigenvalue weighted by molar-refractivity contribution is 8.00. The number of para-hydroxylation sites is 2. The smallest absolute Gasteiger partial charge is 0.277 e. The molecule has 0 bridgehead atoms. The molecule has 0 unspecified atom stereocenters. The van der Waals surface area contributed by atoms with Crippen molar-refractivity contribution >= 4 is 46.3 Å². The third kappa shape index (κ3) is 3.89. The van der Waals surface area contributed by atoms with Gasteiger partial charge in [-0.2, -0.15) is 0 Å². The topological polar surface area (TPSA) is 46.4 Å². The van der Waals surface area contributed by atoms with Crippen LogP contribution in [0.2, 0.25) is 0 Å². The first kappa shape index (κ1) is 26.6. The minimum atomic E-state index is -0.242. The van der Waals surface area contributed by atoms with Gasteiger partial charge in [-0.3, -0.25) is 10.1 Å². The van der Waals surface area contributed by atoms with Gasteiger partial charge < -0.3 is 4.90 Å². The lowest BCUT2D eigenvalue weighted by Crippen LogP contribution is -2.19. The number of nitro groups is 1. The summed E-state index contributed by atoms with van der Waals surface area (Å²) in [5.41, 5.74) is 11.8. The Morgan fingerprint density at radius 1 is 0.578 bits per heavy atom. The molecule has 0 spiro atoms. The normalized spacial score (nSPS) is 14.6. The molecule has 6 aromatic carbocycles. The molecule has 0 saturated heterocycles. The zero-order chi connectivity index (χ0) is 30.4. The van der Waals surface area contributed by atoms with Gasteiger partial charge in [-0.05, 0) is 87.5 Å². The van der Waals surface area contributed by atoms with Gasteiger partial charge in [0.15, 0.2) is 0 Å². The first-order chi connectivity index (χ1) is 21.9. The zero-order valence-corrected chi connectivity index (χ0v) is 26.2. The lowest BCUT2D eigenvalue weighted by molar-refractivity contribution is -0.384. The van der Waals surface area contributed by atoms with E-state index in [1.165, 1.54) is 32.0 Å². The largest absolute Gasteiger partial charge is 0.306 e. The molecular formula is C39H26N2O2S2. The van der Waals surface area contributed by atoms with Crippen LogP contribution in [0.4, 0.5) is 22.7 Å². The van der Waals surface area contributed by atoms with E-state index in [0.717, 1.165) is 43.5 Å².